The van der Waals surface area contributed by atoms with Gasteiger partial charge in [-0.1, -0.05) is 55.5 Å². The number of aliphatic hydroxyl groups is 1. The first-order valence-corrected chi connectivity index (χ1v) is 10.2. The fourth-order valence-electron chi connectivity index (χ4n) is 3.79. The summed E-state index contributed by atoms with van der Waals surface area (Å²) in [6.45, 7) is 1.42. The van der Waals surface area contributed by atoms with E-state index in [4.69, 9.17) is 14.9 Å². The smallest absolute Gasteiger partial charge is 0.407 e. The molecule has 1 aliphatic rings. The van der Waals surface area contributed by atoms with Crippen molar-refractivity contribution < 1.29 is 29.3 Å². The summed E-state index contributed by atoms with van der Waals surface area (Å²) < 4.78 is 5.44. The molecule has 0 fully saturated rings. The molecule has 0 heterocycles. The molecule has 164 valence electrons. The number of carboxylic acid groups (broad SMARTS) is 1. The Bertz CT molecular complexity index is 915. The zero-order valence-electron chi connectivity index (χ0n) is 17.2. The van der Waals surface area contributed by atoms with Gasteiger partial charge in [0, 0.05) is 18.9 Å². The number of carboxylic acids is 1. The predicted octanol–water partition coefficient (Wildman–Crippen LogP) is 2.26. The molecule has 1 unspecified atom stereocenters. The van der Waals surface area contributed by atoms with Crippen molar-refractivity contribution in [3.05, 3.63) is 59.7 Å². The normalized spacial score (nSPS) is 14.1. The van der Waals surface area contributed by atoms with Gasteiger partial charge in [0.15, 0.2) is 0 Å². The molecule has 2 atom stereocenters. The lowest BCUT2D eigenvalue weighted by molar-refractivity contribution is -0.142. The molecule has 2 aromatic rings. The molecule has 0 bridgehead atoms. The van der Waals surface area contributed by atoms with Crippen molar-refractivity contribution in [3.8, 4) is 11.1 Å². The maximum Gasteiger partial charge on any atom is 0.407 e. The number of hydrogen-bond donors (Lipinski definition) is 4. The Labute approximate surface area is 180 Å². The van der Waals surface area contributed by atoms with Crippen LogP contribution in [0.2, 0.25) is 0 Å². The van der Waals surface area contributed by atoms with E-state index in [9.17, 15) is 14.4 Å². The lowest BCUT2D eigenvalue weighted by atomic mass is 9.98. The van der Waals surface area contributed by atoms with Crippen molar-refractivity contribution in [3.63, 3.8) is 0 Å². The number of benzene rings is 2. The van der Waals surface area contributed by atoms with E-state index in [-0.39, 0.29) is 32.0 Å². The molecule has 2 amide bonds. The maximum atomic E-state index is 12.4. The third-order valence-corrected chi connectivity index (χ3v) is 5.39. The number of fused-ring (bicyclic) bond motifs is 3. The van der Waals surface area contributed by atoms with E-state index in [1.165, 1.54) is 0 Å². The Morgan fingerprint density at radius 1 is 0.968 bits per heavy atom. The van der Waals surface area contributed by atoms with E-state index in [2.05, 4.69) is 10.6 Å². The molecular weight excluding hydrogens is 400 g/mol. The van der Waals surface area contributed by atoms with Gasteiger partial charge in [-0.15, -0.1) is 0 Å². The number of rotatable bonds is 9. The minimum atomic E-state index is -1.25. The van der Waals surface area contributed by atoms with Crippen LogP contribution in [-0.2, 0) is 14.3 Å². The van der Waals surface area contributed by atoms with E-state index in [0.717, 1.165) is 22.3 Å². The van der Waals surface area contributed by atoms with E-state index < -0.39 is 30.1 Å². The molecule has 2 aromatic carbocycles. The van der Waals surface area contributed by atoms with Gasteiger partial charge in [-0.25, -0.2) is 9.59 Å². The van der Waals surface area contributed by atoms with Crippen molar-refractivity contribution in [2.75, 3.05) is 13.2 Å². The number of carbonyl (C=O) groups is 3. The molecule has 1 aliphatic carbocycles. The first-order chi connectivity index (χ1) is 15.0. The monoisotopic (exact) mass is 426 g/mol. The number of nitrogens with one attached hydrogen (secondary N) is 2. The number of amides is 2. The highest BCUT2D eigenvalue weighted by Gasteiger charge is 2.30. The first kappa shape index (κ1) is 22.3. The minimum absolute atomic E-state index is 0.104. The number of carbonyl (C=O) groups excluding carboxylic acids is 2. The number of aliphatic hydroxyl groups excluding tert-OH is 1. The molecule has 0 aliphatic heterocycles. The molecule has 31 heavy (non-hydrogen) atoms. The second-order valence-electron chi connectivity index (χ2n) is 7.34. The molecular formula is C23H26N2O6. The summed E-state index contributed by atoms with van der Waals surface area (Å²) in [4.78, 5) is 35.9. The number of hydrogen-bond acceptors (Lipinski definition) is 5. The number of alkyl carbamates (subject to hydrolysis) is 1. The van der Waals surface area contributed by atoms with Crippen molar-refractivity contribution in [2.45, 2.75) is 37.8 Å². The van der Waals surface area contributed by atoms with Crippen molar-refractivity contribution in [2.24, 2.45) is 0 Å². The number of ether oxygens (including phenoxy) is 1. The average molecular weight is 426 g/mol. The molecule has 0 radical (unpaired) electrons. The highest BCUT2D eigenvalue weighted by atomic mass is 16.5. The van der Waals surface area contributed by atoms with Crippen LogP contribution in [0.25, 0.3) is 11.1 Å². The fraction of sp³-hybridized carbons (Fsp3) is 0.348. The van der Waals surface area contributed by atoms with Crippen LogP contribution in [0.5, 0.6) is 0 Å². The standard InChI is InChI=1S/C23H26N2O6/c1-2-19(21(27)24-20(11-12-26)22(28)29)25-23(30)31-13-18-16-9-5-3-7-14(16)15-8-4-6-10-17(15)18/h3-10,18-20,26H,2,11-13H2,1H3,(H,24,27)(H,25,30)(H,28,29)/t19-,20?/m1/s1. The van der Waals surface area contributed by atoms with Crippen LogP contribution in [0, 0.1) is 0 Å². The van der Waals surface area contributed by atoms with Crippen molar-refractivity contribution >= 4 is 18.0 Å². The summed E-state index contributed by atoms with van der Waals surface area (Å²) in [5.41, 5.74) is 4.38. The van der Waals surface area contributed by atoms with E-state index >= 15 is 0 Å². The van der Waals surface area contributed by atoms with Gasteiger partial charge in [0.25, 0.3) is 0 Å². The van der Waals surface area contributed by atoms with Gasteiger partial charge in [0.2, 0.25) is 5.91 Å². The summed E-state index contributed by atoms with van der Waals surface area (Å²) in [6.07, 6.45) is -0.623. The molecule has 0 saturated heterocycles. The minimum Gasteiger partial charge on any atom is -0.480 e. The van der Waals surface area contributed by atoms with Gasteiger partial charge in [0.1, 0.15) is 18.7 Å². The van der Waals surface area contributed by atoms with Crippen molar-refractivity contribution in [1.29, 1.82) is 0 Å². The summed E-state index contributed by atoms with van der Waals surface area (Å²) in [5, 5.41) is 22.9. The maximum absolute atomic E-state index is 12.4. The van der Waals surface area contributed by atoms with Crippen LogP contribution in [-0.4, -0.2) is 53.5 Å². The second-order valence-corrected chi connectivity index (χ2v) is 7.34. The van der Waals surface area contributed by atoms with Gasteiger partial charge in [-0.2, -0.15) is 0 Å². The number of aliphatic carboxylic acids is 1. The highest BCUT2D eigenvalue weighted by Crippen LogP contribution is 2.44. The SMILES string of the molecule is CC[C@@H](NC(=O)OCC1c2ccccc2-c2ccccc21)C(=O)NC(CCO)C(=O)O. The topological polar surface area (TPSA) is 125 Å². The van der Waals surface area contributed by atoms with Crippen LogP contribution >= 0.6 is 0 Å². The summed E-state index contributed by atoms with van der Waals surface area (Å²) in [5.74, 6) is -2.00. The summed E-state index contributed by atoms with van der Waals surface area (Å²) in [6, 6.07) is 13.8. The summed E-state index contributed by atoms with van der Waals surface area (Å²) >= 11 is 0. The third kappa shape index (κ3) is 5.03. The van der Waals surface area contributed by atoms with Gasteiger partial charge < -0.3 is 25.6 Å². The lowest BCUT2D eigenvalue weighted by Crippen LogP contribution is -2.51. The third-order valence-electron chi connectivity index (χ3n) is 5.39. The fourth-order valence-corrected chi connectivity index (χ4v) is 3.79. The highest BCUT2D eigenvalue weighted by molar-refractivity contribution is 5.89. The van der Waals surface area contributed by atoms with E-state index in [0.29, 0.717) is 0 Å². The van der Waals surface area contributed by atoms with Crippen molar-refractivity contribution in [1.82, 2.24) is 10.6 Å². The molecule has 8 heteroatoms. The Kier molecular flexibility index (Phi) is 7.25. The zero-order chi connectivity index (χ0) is 22.4. The molecule has 3 rings (SSSR count). The average Bonchev–Trinajstić information content (AvgIpc) is 3.09. The Balaban J connectivity index is 1.62. The Morgan fingerprint density at radius 3 is 2.06 bits per heavy atom. The second kappa shape index (κ2) is 10.1. The van der Waals surface area contributed by atoms with Gasteiger partial charge in [0.05, 0.1) is 0 Å². The van der Waals surface area contributed by atoms with E-state index in [1.807, 2.05) is 48.5 Å². The van der Waals surface area contributed by atoms with Gasteiger partial charge in [-0.05, 0) is 28.7 Å². The van der Waals surface area contributed by atoms with Gasteiger partial charge in [-0.3, -0.25) is 4.79 Å². The predicted molar refractivity (Wildman–Crippen MR) is 114 cm³/mol. The molecule has 8 nitrogen and oxygen atoms in total. The van der Waals surface area contributed by atoms with Crippen LogP contribution in [0.1, 0.15) is 36.8 Å². The Hall–Kier alpha value is -3.39. The van der Waals surface area contributed by atoms with Crippen LogP contribution in [0.4, 0.5) is 4.79 Å². The lowest BCUT2D eigenvalue weighted by Gasteiger charge is -2.20. The molecule has 4 N–H and O–H groups in total. The van der Waals surface area contributed by atoms with Crippen LogP contribution in [0.15, 0.2) is 48.5 Å². The largest absolute Gasteiger partial charge is 0.480 e. The van der Waals surface area contributed by atoms with Crippen LogP contribution in [0.3, 0.4) is 0 Å². The first-order valence-electron chi connectivity index (χ1n) is 10.2. The van der Waals surface area contributed by atoms with E-state index in [1.54, 1.807) is 6.92 Å². The summed E-state index contributed by atoms with van der Waals surface area (Å²) in [7, 11) is 0. The van der Waals surface area contributed by atoms with Gasteiger partial charge >= 0.3 is 12.1 Å². The quantitative estimate of drug-likeness (QED) is 0.487. The Morgan fingerprint density at radius 2 is 1.55 bits per heavy atom. The molecule has 0 spiro atoms. The van der Waals surface area contributed by atoms with Crippen LogP contribution < -0.4 is 10.6 Å². The molecule has 0 saturated carbocycles. The molecule has 0 aromatic heterocycles. The zero-order valence-corrected chi connectivity index (χ0v) is 17.2.